The van der Waals surface area contributed by atoms with Crippen LogP contribution in [0.25, 0.3) is 0 Å². The molecular formula is C15H21FN2. The van der Waals surface area contributed by atoms with Gasteiger partial charge in [-0.25, -0.2) is 4.39 Å². The summed E-state index contributed by atoms with van der Waals surface area (Å²) in [6.07, 6.45) is 5.24. The van der Waals surface area contributed by atoms with E-state index in [-0.39, 0.29) is 5.82 Å². The molecule has 0 bridgehead atoms. The number of hydrogen-bond acceptors (Lipinski definition) is 2. The molecule has 0 fully saturated rings. The van der Waals surface area contributed by atoms with Crippen LogP contribution in [0.1, 0.15) is 25.0 Å². The van der Waals surface area contributed by atoms with Gasteiger partial charge >= 0.3 is 0 Å². The van der Waals surface area contributed by atoms with Gasteiger partial charge in [0.05, 0.1) is 6.54 Å². The van der Waals surface area contributed by atoms with Crippen molar-refractivity contribution in [3.05, 3.63) is 35.1 Å². The zero-order valence-corrected chi connectivity index (χ0v) is 11.3. The SMILES string of the molecule is C#CCN(C)Cc1cc(CNC(C)C)ccc1F. The highest BCUT2D eigenvalue weighted by atomic mass is 19.1. The zero-order valence-electron chi connectivity index (χ0n) is 11.3. The van der Waals surface area contributed by atoms with Gasteiger partial charge in [-0.3, -0.25) is 4.90 Å². The fourth-order valence-corrected chi connectivity index (χ4v) is 1.68. The molecule has 0 aliphatic heterocycles. The van der Waals surface area contributed by atoms with Gasteiger partial charge in [0.2, 0.25) is 0 Å². The Hall–Kier alpha value is -1.37. The Bertz CT molecular complexity index is 421. The summed E-state index contributed by atoms with van der Waals surface area (Å²) >= 11 is 0. The standard InChI is InChI=1S/C15H21FN2/c1-5-8-18(4)11-14-9-13(6-7-15(14)16)10-17-12(2)3/h1,6-7,9,12,17H,8,10-11H2,2-4H3. The summed E-state index contributed by atoms with van der Waals surface area (Å²) in [5, 5.41) is 3.32. The highest BCUT2D eigenvalue weighted by Gasteiger charge is 2.06. The zero-order chi connectivity index (χ0) is 13.5. The van der Waals surface area contributed by atoms with Gasteiger partial charge in [-0.2, -0.15) is 0 Å². The number of hydrogen-bond donors (Lipinski definition) is 1. The van der Waals surface area contributed by atoms with Crippen LogP contribution in [0.2, 0.25) is 0 Å². The first-order valence-corrected chi connectivity index (χ1v) is 6.15. The predicted molar refractivity (Wildman–Crippen MR) is 73.5 cm³/mol. The molecule has 0 unspecified atom stereocenters. The molecule has 0 spiro atoms. The Balaban J connectivity index is 2.72. The van der Waals surface area contributed by atoms with E-state index in [4.69, 9.17) is 6.42 Å². The van der Waals surface area contributed by atoms with Crippen LogP contribution in [-0.2, 0) is 13.1 Å². The molecule has 1 rings (SSSR count). The van der Waals surface area contributed by atoms with Crippen LogP contribution in [0.4, 0.5) is 4.39 Å². The molecule has 0 heterocycles. The molecular weight excluding hydrogens is 227 g/mol. The first-order chi connectivity index (χ1) is 8.52. The van der Waals surface area contributed by atoms with Crippen LogP contribution in [0.5, 0.6) is 0 Å². The first-order valence-electron chi connectivity index (χ1n) is 6.15. The minimum Gasteiger partial charge on any atom is -0.310 e. The lowest BCUT2D eigenvalue weighted by Gasteiger charge is -2.15. The van der Waals surface area contributed by atoms with Crippen LogP contribution in [0.3, 0.4) is 0 Å². The van der Waals surface area contributed by atoms with Crippen LogP contribution in [0, 0.1) is 18.2 Å². The van der Waals surface area contributed by atoms with Gasteiger partial charge < -0.3 is 5.32 Å². The summed E-state index contributed by atoms with van der Waals surface area (Å²) in [5.41, 5.74) is 1.78. The van der Waals surface area contributed by atoms with E-state index in [1.54, 1.807) is 0 Å². The molecule has 0 saturated heterocycles. The molecule has 1 aromatic rings. The summed E-state index contributed by atoms with van der Waals surface area (Å²) in [6.45, 7) is 5.99. The first kappa shape index (κ1) is 14.7. The van der Waals surface area contributed by atoms with Crippen LogP contribution in [-0.4, -0.2) is 24.5 Å². The van der Waals surface area contributed by atoms with Crippen molar-refractivity contribution in [1.82, 2.24) is 10.2 Å². The van der Waals surface area contributed by atoms with Crippen molar-refractivity contribution >= 4 is 0 Å². The minimum absolute atomic E-state index is 0.174. The molecule has 0 saturated carbocycles. The Morgan fingerprint density at radius 1 is 1.44 bits per heavy atom. The molecule has 0 radical (unpaired) electrons. The van der Waals surface area contributed by atoms with E-state index in [0.717, 1.165) is 12.1 Å². The molecule has 0 aromatic heterocycles. The number of nitrogens with one attached hydrogen (secondary N) is 1. The molecule has 1 N–H and O–H groups in total. The van der Waals surface area contributed by atoms with Crippen molar-refractivity contribution in [2.24, 2.45) is 0 Å². The van der Waals surface area contributed by atoms with Crippen molar-refractivity contribution in [1.29, 1.82) is 0 Å². The van der Waals surface area contributed by atoms with Crippen molar-refractivity contribution in [3.8, 4) is 12.3 Å². The molecule has 0 atom stereocenters. The third kappa shape index (κ3) is 4.87. The quantitative estimate of drug-likeness (QED) is 0.778. The van der Waals surface area contributed by atoms with E-state index in [1.165, 1.54) is 6.07 Å². The number of terminal acetylenes is 1. The van der Waals surface area contributed by atoms with Gasteiger partial charge in [-0.15, -0.1) is 6.42 Å². The topological polar surface area (TPSA) is 15.3 Å². The van der Waals surface area contributed by atoms with E-state index < -0.39 is 0 Å². The molecule has 3 heteroatoms. The number of benzene rings is 1. The van der Waals surface area contributed by atoms with Crippen LogP contribution < -0.4 is 5.32 Å². The van der Waals surface area contributed by atoms with Gasteiger partial charge in [0.25, 0.3) is 0 Å². The largest absolute Gasteiger partial charge is 0.310 e. The van der Waals surface area contributed by atoms with Crippen molar-refractivity contribution < 1.29 is 4.39 Å². The van der Waals surface area contributed by atoms with Crippen LogP contribution >= 0.6 is 0 Å². The lowest BCUT2D eigenvalue weighted by atomic mass is 10.1. The highest BCUT2D eigenvalue weighted by molar-refractivity contribution is 5.25. The van der Waals surface area contributed by atoms with Crippen molar-refractivity contribution in [2.75, 3.05) is 13.6 Å². The summed E-state index contributed by atoms with van der Waals surface area (Å²) in [5.74, 6) is 2.38. The summed E-state index contributed by atoms with van der Waals surface area (Å²) < 4.78 is 13.7. The van der Waals surface area contributed by atoms with Gasteiger partial charge in [0.15, 0.2) is 0 Å². The average Bonchev–Trinajstić information content (AvgIpc) is 2.30. The highest BCUT2D eigenvalue weighted by Crippen LogP contribution is 2.12. The van der Waals surface area contributed by atoms with E-state index in [2.05, 4.69) is 25.1 Å². The molecule has 98 valence electrons. The fourth-order valence-electron chi connectivity index (χ4n) is 1.68. The summed E-state index contributed by atoms with van der Waals surface area (Å²) in [4.78, 5) is 1.91. The lowest BCUT2D eigenvalue weighted by molar-refractivity contribution is 0.361. The van der Waals surface area contributed by atoms with Gasteiger partial charge in [0, 0.05) is 24.7 Å². The molecule has 0 aliphatic carbocycles. The third-order valence-electron chi connectivity index (χ3n) is 2.63. The smallest absolute Gasteiger partial charge is 0.127 e. The maximum absolute atomic E-state index is 13.7. The molecule has 18 heavy (non-hydrogen) atoms. The van der Waals surface area contributed by atoms with Gasteiger partial charge in [0.1, 0.15) is 5.82 Å². The van der Waals surface area contributed by atoms with E-state index in [1.807, 2.05) is 24.1 Å². The predicted octanol–water partition coefficient (Wildman–Crippen LogP) is 2.39. The molecule has 1 aromatic carbocycles. The second-order valence-electron chi connectivity index (χ2n) is 4.84. The van der Waals surface area contributed by atoms with E-state index in [9.17, 15) is 4.39 Å². The second kappa shape index (κ2) is 7.15. The maximum Gasteiger partial charge on any atom is 0.127 e. The Morgan fingerprint density at radius 3 is 2.78 bits per heavy atom. The Labute approximate surface area is 109 Å². The van der Waals surface area contributed by atoms with E-state index >= 15 is 0 Å². The number of rotatable bonds is 6. The lowest BCUT2D eigenvalue weighted by Crippen LogP contribution is -2.22. The fraction of sp³-hybridized carbons (Fsp3) is 0.467. The van der Waals surface area contributed by atoms with Crippen LogP contribution in [0.15, 0.2) is 18.2 Å². The van der Waals surface area contributed by atoms with E-state index in [0.29, 0.717) is 24.7 Å². The third-order valence-corrected chi connectivity index (χ3v) is 2.63. The summed E-state index contributed by atoms with van der Waals surface area (Å²) in [7, 11) is 1.89. The monoisotopic (exact) mass is 248 g/mol. The molecule has 2 nitrogen and oxygen atoms in total. The summed E-state index contributed by atoms with van der Waals surface area (Å²) in [6, 6.07) is 5.66. The minimum atomic E-state index is -0.174. The number of nitrogens with zero attached hydrogens (tertiary/aromatic N) is 1. The molecule has 0 aliphatic rings. The van der Waals surface area contributed by atoms with Gasteiger partial charge in [-0.1, -0.05) is 31.9 Å². The number of halogens is 1. The normalized spacial score (nSPS) is 10.9. The maximum atomic E-state index is 13.7. The van der Waals surface area contributed by atoms with Crippen molar-refractivity contribution in [2.45, 2.75) is 33.0 Å². The molecule has 0 amide bonds. The van der Waals surface area contributed by atoms with Crippen molar-refractivity contribution in [3.63, 3.8) is 0 Å². The average molecular weight is 248 g/mol. The van der Waals surface area contributed by atoms with Gasteiger partial charge in [-0.05, 0) is 18.7 Å². The Morgan fingerprint density at radius 2 is 2.17 bits per heavy atom. The second-order valence-corrected chi connectivity index (χ2v) is 4.84. The Kier molecular flexibility index (Phi) is 5.84.